The van der Waals surface area contributed by atoms with Crippen molar-refractivity contribution >= 4 is 0 Å². The zero-order chi connectivity index (χ0) is 15.2. The van der Waals surface area contributed by atoms with E-state index in [4.69, 9.17) is 4.74 Å². The van der Waals surface area contributed by atoms with Crippen LogP contribution in [-0.4, -0.2) is 18.7 Å². The van der Waals surface area contributed by atoms with Crippen molar-refractivity contribution in [3.8, 4) is 5.75 Å². The summed E-state index contributed by atoms with van der Waals surface area (Å²) in [4.78, 5) is 0. The molecular formula is C18H31NO. The van der Waals surface area contributed by atoms with Crippen molar-refractivity contribution in [1.29, 1.82) is 0 Å². The lowest BCUT2D eigenvalue weighted by Crippen LogP contribution is -2.43. The summed E-state index contributed by atoms with van der Waals surface area (Å²) >= 11 is 0. The van der Waals surface area contributed by atoms with E-state index < -0.39 is 0 Å². The van der Waals surface area contributed by atoms with Gasteiger partial charge in [-0.05, 0) is 43.4 Å². The number of benzene rings is 1. The fourth-order valence-electron chi connectivity index (χ4n) is 2.20. The number of nitrogens with one attached hydrogen (secondary N) is 1. The molecule has 1 aromatic carbocycles. The molecule has 0 aliphatic rings. The molecule has 1 aromatic rings. The van der Waals surface area contributed by atoms with E-state index in [0.717, 1.165) is 31.7 Å². The van der Waals surface area contributed by atoms with Crippen molar-refractivity contribution in [1.82, 2.24) is 5.32 Å². The number of hydrogen-bond acceptors (Lipinski definition) is 2. The molecule has 0 saturated heterocycles. The maximum atomic E-state index is 6.39. The minimum Gasteiger partial charge on any atom is -0.486 e. The molecule has 0 radical (unpaired) electrons. The van der Waals surface area contributed by atoms with Gasteiger partial charge in [0.25, 0.3) is 0 Å². The van der Waals surface area contributed by atoms with E-state index >= 15 is 0 Å². The van der Waals surface area contributed by atoms with Crippen LogP contribution in [0.25, 0.3) is 0 Å². The van der Waals surface area contributed by atoms with Crippen LogP contribution in [-0.2, 0) is 5.41 Å². The van der Waals surface area contributed by atoms with E-state index in [1.807, 2.05) is 0 Å². The number of para-hydroxylation sites is 1. The fourth-order valence-corrected chi connectivity index (χ4v) is 2.20. The molecule has 1 atom stereocenters. The molecule has 0 amide bonds. The van der Waals surface area contributed by atoms with Crippen molar-refractivity contribution in [2.24, 2.45) is 0 Å². The van der Waals surface area contributed by atoms with E-state index in [2.05, 4.69) is 71.1 Å². The standard InChI is InChI=1S/C18H31NO/c1-7-13-19-14-18(6,8-2)20-16-12-10-9-11-15(16)17(3,4)5/h9-12,19H,7-8,13-14H2,1-6H3. The van der Waals surface area contributed by atoms with Gasteiger partial charge in [0.2, 0.25) is 0 Å². The number of ether oxygens (including phenoxy) is 1. The van der Waals surface area contributed by atoms with Crippen LogP contribution in [0.3, 0.4) is 0 Å². The van der Waals surface area contributed by atoms with Gasteiger partial charge >= 0.3 is 0 Å². The summed E-state index contributed by atoms with van der Waals surface area (Å²) in [5.74, 6) is 1.02. The normalized spacial score (nSPS) is 14.9. The van der Waals surface area contributed by atoms with Crippen LogP contribution in [0, 0.1) is 0 Å². The van der Waals surface area contributed by atoms with Gasteiger partial charge in [0.05, 0.1) is 0 Å². The first kappa shape index (κ1) is 17.0. The Hall–Kier alpha value is -1.02. The second-order valence-corrected chi connectivity index (χ2v) is 6.83. The Kier molecular flexibility index (Phi) is 6.07. The molecule has 0 spiro atoms. The van der Waals surface area contributed by atoms with Crippen molar-refractivity contribution in [3.05, 3.63) is 29.8 Å². The molecule has 0 aliphatic carbocycles. The SMILES string of the molecule is CCCNCC(C)(CC)Oc1ccccc1C(C)(C)C. The smallest absolute Gasteiger partial charge is 0.123 e. The van der Waals surface area contributed by atoms with E-state index in [1.165, 1.54) is 5.56 Å². The zero-order valence-corrected chi connectivity index (χ0v) is 14.0. The van der Waals surface area contributed by atoms with Crippen molar-refractivity contribution in [2.75, 3.05) is 13.1 Å². The molecular weight excluding hydrogens is 246 g/mol. The van der Waals surface area contributed by atoms with Crippen LogP contribution in [0.5, 0.6) is 5.75 Å². The maximum absolute atomic E-state index is 6.39. The zero-order valence-electron chi connectivity index (χ0n) is 14.0. The third kappa shape index (κ3) is 4.82. The van der Waals surface area contributed by atoms with E-state index in [9.17, 15) is 0 Å². The van der Waals surface area contributed by atoms with Gasteiger partial charge in [-0.2, -0.15) is 0 Å². The second kappa shape index (κ2) is 7.12. The van der Waals surface area contributed by atoms with Crippen molar-refractivity contribution < 1.29 is 4.74 Å². The van der Waals surface area contributed by atoms with Crippen LogP contribution in [0.1, 0.15) is 59.9 Å². The first-order valence-corrected chi connectivity index (χ1v) is 7.81. The van der Waals surface area contributed by atoms with Crippen molar-refractivity contribution in [2.45, 2.75) is 65.4 Å². The molecule has 2 nitrogen and oxygen atoms in total. The van der Waals surface area contributed by atoms with Gasteiger partial charge in [-0.15, -0.1) is 0 Å². The largest absolute Gasteiger partial charge is 0.486 e. The number of hydrogen-bond donors (Lipinski definition) is 1. The second-order valence-electron chi connectivity index (χ2n) is 6.83. The Bertz CT molecular complexity index is 408. The predicted molar refractivity (Wildman–Crippen MR) is 87.6 cm³/mol. The lowest BCUT2D eigenvalue weighted by atomic mass is 9.86. The van der Waals surface area contributed by atoms with Gasteiger partial charge in [0.15, 0.2) is 0 Å². The first-order valence-electron chi connectivity index (χ1n) is 7.81. The highest BCUT2D eigenvalue weighted by Gasteiger charge is 2.27. The molecule has 114 valence electrons. The molecule has 2 heteroatoms. The van der Waals surface area contributed by atoms with E-state index in [1.54, 1.807) is 0 Å². The summed E-state index contributed by atoms with van der Waals surface area (Å²) in [7, 11) is 0. The van der Waals surface area contributed by atoms with Crippen LogP contribution in [0.4, 0.5) is 0 Å². The van der Waals surface area contributed by atoms with Gasteiger partial charge in [-0.25, -0.2) is 0 Å². The van der Waals surface area contributed by atoms with Crippen LogP contribution < -0.4 is 10.1 Å². The molecule has 0 bridgehead atoms. The Morgan fingerprint density at radius 1 is 1.05 bits per heavy atom. The van der Waals surface area contributed by atoms with Crippen LogP contribution in [0.15, 0.2) is 24.3 Å². The molecule has 0 heterocycles. The maximum Gasteiger partial charge on any atom is 0.123 e. The molecule has 0 aromatic heterocycles. The summed E-state index contributed by atoms with van der Waals surface area (Å²) in [5.41, 5.74) is 1.22. The monoisotopic (exact) mass is 277 g/mol. The van der Waals surface area contributed by atoms with Gasteiger partial charge in [-0.3, -0.25) is 0 Å². The van der Waals surface area contributed by atoms with E-state index in [0.29, 0.717) is 0 Å². The molecule has 1 unspecified atom stereocenters. The summed E-state index contributed by atoms with van der Waals surface area (Å²) < 4.78 is 6.39. The first-order chi connectivity index (χ1) is 9.32. The Morgan fingerprint density at radius 3 is 2.25 bits per heavy atom. The number of rotatable bonds is 7. The van der Waals surface area contributed by atoms with Crippen molar-refractivity contribution in [3.63, 3.8) is 0 Å². The molecule has 0 aliphatic heterocycles. The Labute approximate surface area is 124 Å². The molecule has 1 rings (SSSR count). The van der Waals surface area contributed by atoms with Gasteiger partial charge in [-0.1, -0.05) is 52.8 Å². The average Bonchev–Trinajstić information content (AvgIpc) is 2.38. The fraction of sp³-hybridized carbons (Fsp3) is 0.667. The highest BCUT2D eigenvalue weighted by molar-refractivity contribution is 5.38. The predicted octanol–water partition coefficient (Wildman–Crippen LogP) is 4.53. The summed E-state index contributed by atoms with van der Waals surface area (Å²) in [6, 6.07) is 8.41. The Balaban J connectivity index is 2.90. The molecule has 0 fully saturated rings. The third-order valence-corrected chi connectivity index (χ3v) is 3.73. The molecule has 1 N–H and O–H groups in total. The highest BCUT2D eigenvalue weighted by Crippen LogP contribution is 2.33. The van der Waals surface area contributed by atoms with Gasteiger partial charge < -0.3 is 10.1 Å². The Morgan fingerprint density at radius 2 is 1.70 bits per heavy atom. The average molecular weight is 277 g/mol. The quantitative estimate of drug-likeness (QED) is 0.739. The highest BCUT2D eigenvalue weighted by atomic mass is 16.5. The minimum atomic E-state index is -0.156. The third-order valence-electron chi connectivity index (χ3n) is 3.73. The topological polar surface area (TPSA) is 21.3 Å². The summed E-state index contributed by atoms with van der Waals surface area (Å²) in [6.45, 7) is 15.2. The summed E-state index contributed by atoms with van der Waals surface area (Å²) in [6.07, 6.45) is 2.14. The minimum absolute atomic E-state index is 0.0993. The molecule has 0 saturated carbocycles. The van der Waals surface area contributed by atoms with Crippen LogP contribution >= 0.6 is 0 Å². The van der Waals surface area contributed by atoms with E-state index in [-0.39, 0.29) is 11.0 Å². The van der Waals surface area contributed by atoms with Gasteiger partial charge in [0.1, 0.15) is 11.4 Å². The molecule has 20 heavy (non-hydrogen) atoms. The van der Waals surface area contributed by atoms with Crippen LogP contribution in [0.2, 0.25) is 0 Å². The lowest BCUT2D eigenvalue weighted by molar-refractivity contribution is 0.0814. The summed E-state index contributed by atoms with van der Waals surface area (Å²) in [5, 5.41) is 3.48. The van der Waals surface area contributed by atoms with Gasteiger partial charge in [0, 0.05) is 6.54 Å². The lowest BCUT2D eigenvalue weighted by Gasteiger charge is -2.33.